The van der Waals surface area contributed by atoms with E-state index in [2.05, 4.69) is 36.0 Å². The smallest absolute Gasteiger partial charge is 0.0991 e. The molecule has 2 aliphatic rings. The van der Waals surface area contributed by atoms with Crippen molar-refractivity contribution >= 4 is 0 Å². The van der Waals surface area contributed by atoms with Crippen molar-refractivity contribution in [3.63, 3.8) is 0 Å². The summed E-state index contributed by atoms with van der Waals surface area (Å²) >= 11 is 0. The van der Waals surface area contributed by atoms with Gasteiger partial charge in [-0.3, -0.25) is 4.90 Å². The van der Waals surface area contributed by atoms with Gasteiger partial charge in [-0.1, -0.05) is 12.1 Å². The van der Waals surface area contributed by atoms with Crippen molar-refractivity contribution in [1.29, 1.82) is 5.26 Å². The Morgan fingerprint density at radius 1 is 1.39 bits per heavy atom. The van der Waals surface area contributed by atoms with E-state index < -0.39 is 0 Å². The summed E-state index contributed by atoms with van der Waals surface area (Å²) in [7, 11) is 4.13. The summed E-state index contributed by atoms with van der Waals surface area (Å²) in [6, 6.07) is 10.5. The van der Waals surface area contributed by atoms with E-state index in [1.165, 1.54) is 5.56 Å². The van der Waals surface area contributed by atoms with Gasteiger partial charge in [-0.2, -0.15) is 5.26 Å². The standard InChI is InChI=1S/C18H25N3O2/c1-20(2)6-7-23-18-11-21(17-13-22-12-16(17)18)10-15-5-3-4-14(8-15)9-19/h3-5,8,16-18H,6-7,10-13H2,1-2H3/t16-,17+,18-/m0/s1. The number of likely N-dealkylation sites (tertiary alicyclic amines) is 1. The second-order valence-corrected chi connectivity index (χ2v) is 6.72. The molecular weight excluding hydrogens is 290 g/mol. The van der Waals surface area contributed by atoms with Crippen LogP contribution >= 0.6 is 0 Å². The summed E-state index contributed by atoms with van der Waals surface area (Å²) in [5, 5.41) is 9.05. The van der Waals surface area contributed by atoms with Crippen LogP contribution in [0.1, 0.15) is 11.1 Å². The van der Waals surface area contributed by atoms with E-state index >= 15 is 0 Å². The van der Waals surface area contributed by atoms with Gasteiger partial charge in [0.2, 0.25) is 0 Å². The van der Waals surface area contributed by atoms with Crippen molar-refractivity contribution in [3.05, 3.63) is 35.4 Å². The minimum absolute atomic E-state index is 0.251. The van der Waals surface area contributed by atoms with Crippen LogP contribution in [0.15, 0.2) is 24.3 Å². The fourth-order valence-electron chi connectivity index (χ4n) is 3.51. The third-order valence-corrected chi connectivity index (χ3v) is 4.77. The molecule has 2 saturated heterocycles. The number of hydrogen-bond donors (Lipinski definition) is 0. The van der Waals surface area contributed by atoms with Crippen LogP contribution in [0.2, 0.25) is 0 Å². The Hall–Kier alpha value is -1.45. The molecule has 3 rings (SSSR count). The van der Waals surface area contributed by atoms with Crippen molar-refractivity contribution in [2.75, 3.05) is 47.0 Å². The number of hydrogen-bond acceptors (Lipinski definition) is 5. The Bertz CT molecular complexity index is 570. The lowest BCUT2D eigenvalue weighted by Gasteiger charge is -2.22. The molecule has 124 valence electrons. The second kappa shape index (κ2) is 7.41. The van der Waals surface area contributed by atoms with E-state index in [0.29, 0.717) is 12.0 Å². The van der Waals surface area contributed by atoms with Crippen LogP contribution in [-0.4, -0.2) is 69.0 Å². The van der Waals surface area contributed by atoms with Gasteiger partial charge in [-0.15, -0.1) is 0 Å². The topological polar surface area (TPSA) is 48.7 Å². The molecule has 5 nitrogen and oxygen atoms in total. The summed E-state index contributed by atoms with van der Waals surface area (Å²) < 4.78 is 11.8. The molecule has 2 heterocycles. The van der Waals surface area contributed by atoms with Crippen molar-refractivity contribution in [2.24, 2.45) is 5.92 Å². The largest absolute Gasteiger partial charge is 0.379 e. The maximum atomic E-state index is 9.05. The van der Waals surface area contributed by atoms with Crippen LogP contribution in [0.25, 0.3) is 0 Å². The molecule has 0 spiro atoms. The van der Waals surface area contributed by atoms with Crippen LogP contribution in [0.4, 0.5) is 0 Å². The molecule has 0 amide bonds. The molecule has 3 atom stereocenters. The molecule has 0 aromatic heterocycles. The van der Waals surface area contributed by atoms with Crippen LogP contribution in [-0.2, 0) is 16.0 Å². The highest BCUT2D eigenvalue weighted by Crippen LogP contribution is 2.33. The number of nitrogens with zero attached hydrogens (tertiary/aromatic N) is 3. The zero-order chi connectivity index (χ0) is 16.2. The lowest BCUT2D eigenvalue weighted by molar-refractivity contribution is 0.0132. The Morgan fingerprint density at radius 3 is 3.04 bits per heavy atom. The Balaban J connectivity index is 1.62. The number of rotatable bonds is 6. The van der Waals surface area contributed by atoms with Crippen LogP contribution in [0.3, 0.4) is 0 Å². The maximum absolute atomic E-state index is 9.05. The Labute approximate surface area is 138 Å². The van der Waals surface area contributed by atoms with Crippen LogP contribution in [0.5, 0.6) is 0 Å². The SMILES string of the molecule is CN(C)CCO[C@H]1CN(Cc2cccc(C#N)c2)[C@@H]2COC[C@H]12. The first-order chi connectivity index (χ1) is 11.2. The Morgan fingerprint density at radius 2 is 2.26 bits per heavy atom. The molecule has 0 radical (unpaired) electrons. The minimum atomic E-state index is 0.251. The van der Waals surface area contributed by atoms with Gasteiger partial charge in [0.15, 0.2) is 0 Å². The number of ether oxygens (including phenoxy) is 2. The van der Waals surface area contributed by atoms with Crippen molar-refractivity contribution < 1.29 is 9.47 Å². The molecular formula is C18H25N3O2. The summed E-state index contributed by atoms with van der Waals surface area (Å²) in [6.07, 6.45) is 0.251. The van der Waals surface area contributed by atoms with Crippen LogP contribution < -0.4 is 0 Å². The highest BCUT2D eigenvalue weighted by atomic mass is 16.5. The van der Waals surface area contributed by atoms with Crippen molar-refractivity contribution in [3.8, 4) is 6.07 Å². The zero-order valence-corrected chi connectivity index (χ0v) is 13.9. The van der Waals surface area contributed by atoms with Gasteiger partial charge in [0.25, 0.3) is 0 Å². The van der Waals surface area contributed by atoms with Crippen molar-refractivity contribution in [2.45, 2.75) is 18.7 Å². The second-order valence-electron chi connectivity index (χ2n) is 6.72. The molecule has 2 fully saturated rings. The molecule has 2 aliphatic heterocycles. The van der Waals surface area contributed by atoms with Crippen molar-refractivity contribution in [1.82, 2.24) is 9.80 Å². The van der Waals surface area contributed by atoms with Gasteiger partial charge in [-0.25, -0.2) is 0 Å². The predicted octanol–water partition coefficient (Wildman–Crippen LogP) is 1.34. The molecule has 0 aliphatic carbocycles. The van der Waals surface area contributed by atoms with Gasteiger partial charge in [0.1, 0.15) is 0 Å². The predicted molar refractivity (Wildman–Crippen MR) is 88.0 cm³/mol. The number of fused-ring (bicyclic) bond motifs is 1. The third kappa shape index (κ3) is 3.91. The first-order valence-corrected chi connectivity index (χ1v) is 8.24. The molecule has 5 heteroatoms. The normalized spacial score (nSPS) is 27.3. The monoisotopic (exact) mass is 315 g/mol. The van der Waals surface area contributed by atoms with E-state index in [9.17, 15) is 0 Å². The molecule has 0 unspecified atom stereocenters. The molecule has 0 saturated carbocycles. The van der Waals surface area contributed by atoms with Gasteiger partial charge >= 0.3 is 0 Å². The average molecular weight is 315 g/mol. The van der Waals surface area contributed by atoms with Gasteiger partial charge in [-0.05, 0) is 31.8 Å². The van der Waals surface area contributed by atoms with E-state index in [0.717, 1.165) is 45.0 Å². The van der Waals surface area contributed by atoms with E-state index in [4.69, 9.17) is 14.7 Å². The number of benzene rings is 1. The fourth-order valence-corrected chi connectivity index (χ4v) is 3.51. The first kappa shape index (κ1) is 16.4. The van der Waals surface area contributed by atoms with Crippen LogP contribution in [0, 0.1) is 17.2 Å². The summed E-state index contributed by atoms with van der Waals surface area (Å²) in [5.74, 6) is 0.469. The van der Waals surface area contributed by atoms with Gasteiger partial charge < -0.3 is 14.4 Å². The summed E-state index contributed by atoms with van der Waals surface area (Å²) in [5.41, 5.74) is 1.91. The van der Waals surface area contributed by atoms with Gasteiger partial charge in [0.05, 0.1) is 37.6 Å². The highest BCUT2D eigenvalue weighted by molar-refractivity contribution is 5.32. The zero-order valence-electron chi connectivity index (χ0n) is 13.9. The highest BCUT2D eigenvalue weighted by Gasteiger charge is 2.45. The minimum Gasteiger partial charge on any atom is -0.379 e. The quantitative estimate of drug-likeness (QED) is 0.793. The first-order valence-electron chi connectivity index (χ1n) is 8.24. The number of likely N-dealkylation sites (N-methyl/N-ethyl adjacent to an activating group) is 1. The number of nitriles is 1. The molecule has 1 aromatic carbocycles. The lowest BCUT2D eigenvalue weighted by atomic mass is 10.0. The fraction of sp³-hybridized carbons (Fsp3) is 0.611. The maximum Gasteiger partial charge on any atom is 0.0991 e. The van der Waals surface area contributed by atoms with E-state index in [1.807, 2.05) is 18.2 Å². The Kier molecular flexibility index (Phi) is 5.29. The lowest BCUT2D eigenvalue weighted by Crippen LogP contribution is -2.32. The third-order valence-electron chi connectivity index (χ3n) is 4.77. The molecule has 0 bridgehead atoms. The average Bonchev–Trinajstić information content (AvgIpc) is 3.12. The summed E-state index contributed by atoms with van der Waals surface area (Å²) in [6.45, 7) is 5.09. The van der Waals surface area contributed by atoms with E-state index in [-0.39, 0.29) is 6.10 Å². The molecule has 23 heavy (non-hydrogen) atoms. The van der Waals surface area contributed by atoms with E-state index in [1.54, 1.807) is 0 Å². The van der Waals surface area contributed by atoms with Gasteiger partial charge in [0, 0.05) is 31.6 Å². The molecule has 0 N–H and O–H groups in total. The summed E-state index contributed by atoms with van der Waals surface area (Å²) in [4.78, 5) is 4.59. The molecule has 1 aromatic rings.